The molecule has 0 bridgehead atoms. The maximum Gasteiger partial charge on any atom is 0.511 e. The molecule has 3 unspecified atom stereocenters. The Morgan fingerprint density at radius 3 is 2.77 bits per heavy atom. The van der Waals surface area contributed by atoms with Crippen LogP contribution in [0.5, 0.6) is 5.75 Å². The zero-order valence-corrected chi connectivity index (χ0v) is 19.8. The first-order valence-electron chi connectivity index (χ1n) is 11.6. The van der Waals surface area contributed by atoms with Gasteiger partial charge in [-0.25, -0.2) is 14.0 Å². The van der Waals surface area contributed by atoms with Gasteiger partial charge in [-0.15, -0.1) is 0 Å². The number of ether oxygens (including phenoxy) is 2. The monoisotopic (exact) mass is 505 g/mol. The Balaban J connectivity index is 1.54. The van der Waals surface area contributed by atoms with Crippen molar-refractivity contribution in [1.29, 1.82) is 0 Å². The van der Waals surface area contributed by atoms with Crippen LogP contribution in [-0.2, 0) is 4.74 Å². The SMILES string of the molecule is CCOC(=O)NC1CC=CC2CN(c3c(F)cc4c(=O)c(OC(=O)O)cn(C5CC5)c4c3Cl)CC21. The van der Waals surface area contributed by atoms with Crippen LogP contribution >= 0.6 is 11.6 Å². The van der Waals surface area contributed by atoms with Crippen molar-refractivity contribution >= 4 is 40.4 Å². The second-order valence-electron chi connectivity index (χ2n) is 9.11. The van der Waals surface area contributed by atoms with Crippen LogP contribution in [0, 0.1) is 17.7 Å². The van der Waals surface area contributed by atoms with E-state index in [1.807, 2.05) is 11.0 Å². The Hall–Kier alpha value is -3.27. The predicted molar refractivity (Wildman–Crippen MR) is 127 cm³/mol. The second kappa shape index (κ2) is 9.07. The van der Waals surface area contributed by atoms with E-state index in [2.05, 4.69) is 16.1 Å². The van der Waals surface area contributed by atoms with Gasteiger partial charge in [-0.3, -0.25) is 4.79 Å². The van der Waals surface area contributed by atoms with E-state index in [1.165, 1.54) is 6.20 Å². The topological polar surface area (TPSA) is 110 Å². The normalized spacial score (nSPS) is 23.3. The van der Waals surface area contributed by atoms with Gasteiger partial charge in [0.1, 0.15) is 5.82 Å². The number of carbonyl (C=O) groups excluding carboxylic acids is 1. The molecule has 1 aromatic heterocycles. The van der Waals surface area contributed by atoms with Gasteiger partial charge in [-0.2, -0.15) is 0 Å². The maximum absolute atomic E-state index is 15.5. The van der Waals surface area contributed by atoms with Crippen molar-refractivity contribution in [2.24, 2.45) is 11.8 Å². The highest BCUT2D eigenvalue weighted by Gasteiger charge is 2.41. The minimum Gasteiger partial charge on any atom is -0.450 e. The van der Waals surface area contributed by atoms with Crippen LogP contribution in [0.25, 0.3) is 10.9 Å². The quantitative estimate of drug-likeness (QED) is 0.460. The van der Waals surface area contributed by atoms with Crippen molar-refractivity contribution in [3.63, 3.8) is 0 Å². The second-order valence-corrected chi connectivity index (χ2v) is 9.49. The molecule has 35 heavy (non-hydrogen) atoms. The minimum atomic E-state index is -1.62. The number of nitrogens with zero attached hydrogens (tertiary/aromatic N) is 2. The van der Waals surface area contributed by atoms with Gasteiger partial charge in [0, 0.05) is 37.0 Å². The summed E-state index contributed by atoms with van der Waals surface area (Å²) in [6.07, 6.45) is 5.63. The fourth-order valence-corrected chi connectivity index (χ4v) is 5.64. The van der Waals surface area contributed by atoms with Crippen molar-refractivity contribution in [3.8, 4) is 5.75 Å². The van der Waals surface area contributed by atoms with E-state index in [0.717, 1.165) is 18.9 Å². The Morgan fingerprint density at radius 1 is 1.31 bits per heavy atom. The summed E-state index contributed by atoms with van der Waals surface area (Å²) in [4.78, 5) is 37.8. The van der Waals surface area contributed by atoms with Crippen LogP contribution in [0.2, 0.25) is 5.02 Å². The standard InChI is InChI=1S/C24H25ClFN3O6/c1-2-34-23(31)27-17-5-3-4-12-9-28(10-15(12)17)21-16(26)8-14-20(19(21)25)29(13-6-7-13)11-18(22(14)30)35-24(32)33/h3-4,8,11-13,15,17H,2,5-7,9-10H2,1H3,(H,27,31)(H,32,33). The van der Waals surface area contributed by atoms with Gasteiger partial charge < -0.3 is 29.4 Å². The minimum absolute atomic E-state index is 0.0207. The number of hydrogen-bond acceptors (Lipinski definition) is 6. The molecule has 2 N–H and O–H groups in total. The number of carboxylic acid groups (broad SMARTS) is 1. The third-order valence-corrected chi connectivity index (χ3v) is 7.24. The fourth-order valence-electron chi connectivity index (χ4n) is 5.23. The summed E-state index contributed by atoms with van der Waals surface area (Å²) in [6.45, 7) is 2.97. The number of anilines is 1. The third kappa shape index (κ3) is 4.31. The number of carbonyl (C=O) groups is 2. The lowest BCUT2D eigenvalue weighted by atomic mass is 9.83. The molecule has 186 valence electrons. The molecule has 2 aliphatic carbocycles. The number of hydrogen-bond donors (Lipinski definition) is 2. The Kier molecular flexibility index (Phi) is 6.08. The maximum atomic E-state index is 15.5. The summed E-state index contributed by atoms with van der Waals surface area (Å²) in [5.41, 5.74) is -0.180. The molecule has 3 aliphatic rings. The molecule has 0 radical (unpaired) electrons. The first-order chi connectivity index (χ1) is 16.8. The number of fused-ring (bicyclic) bond motifs is 2. The number of benzene rings is 1. The molecule has 5 rings (SSSR count). The van der Waals surface area contributed by atoms with Crippen molar-refractivity contribution in [2.75, 3.05) is 24.6 Å². The van der Waals surface area contributed by atoms with Gasteiger partial charge >= 0.3 is 12.2 Å². The molecule has 1 saturated heterocycles. The first kappa shape index (κ1) is 23.5. The smallest absolute Gasteiger partial charge is 0.450 e. The third-order valence-electron chi connectivity index (χ3n) is 6.89. The summed E-state index contributed by atoms with van der Waals surface area (Å²) < 4.78 is 26.9. The molecular formula is C24H25ClFN3O6. The molecule has 1 saturated carbocycles. The van der Waals surface area contributed by atoms with Crippen LogP contribution in [0.4, 0.5) is 19.7 Å². The van der Waals surface area contributed by atoms with Crippen LogP contribution in [0.1, 0.15) is 32.2 Å². The van der Waals surface area contributed by atoms with Crippen LogP contribution in [-0.4, -0.2) is 47.7 Å². The van der Waals surface area contributed by atoms with Gasteiger partial charge in [0.05, 0.1) is 34.4 Å². The van der Waals surface area contributed by atoms with Crippen LogP contribution in [0.15, 0.2) is 29.2 Å². The Bertz CT molecular complexity index is 1290. The molecule has 11 heteroatoms. The molecule has 9 nitrogen and oxygen atoms in total. The average molecular weight is 506 g/mol. The largest absolute Gasteiger partial charge is 0.511 e. The highest BCUT2D eigenvalue weighted by Crippen LogP contribution is 2.45. The summed E-state index contributed by atoms with van der Waals surface area (Å²) >= 11 is 6.79. The number of halogens is 2. The highest BCUT2D eigenvalue weighted by atomic mass is 35.5. The highest BCUT2D eigenvalue weighted by molar-refractivity contribution is 6.38. The Morgan fingerprint density at radius 2 is 2.09 bits per heavy atom. The van der Waals surface area contributed by atoms with Gasteiger partial charge in [-0.05, 0) is 32.3 Å². The van der Waals surface area contributed by atoms with E-state index in [-0.39, 0.29) is 52.4 Å². The molecule has 1 aliphatic heterocycles. The van der Waals surface area contributed by atoms with Crippen molar-refractivity contribution < 1.29 is 28.6 Å². The molecule has 0 spiro atoms. The fraction of sp³-hybridized carbons (Fsp3) is 0.458. The predicted octanol–water partition coefficient (Wildman–Crippen LogP) is 4.31. The molecule has 2 fully saturated rings. The van der Waals surface area contributed by atoms with Gasteiger partial charge in [0.15, 0.2) is 5.75 Å². The van der Waals surface area contributed by atoms with Crippen molar-refractivity contribution in [2.45, 2.75) is 38.3 Å². The number of nitrogens with one attached hydrogen (secondary N) is 1. The lowest BCUT2D eigenvalue weighted by Gasteiger charge is -2.29. The summed E-state index contributed by atoms with van der Waals surface area (Å²) in [5.74, 6) is -0.941. The lowest BCUT2D eigenvalue weighted by Crippen LogP contribution is -2.44. The first-order valence-corrected chi connectivity index (χ1v) is 12.0. The number of amides is 1. The molecule has 3 atom stereocenters. The number of aromatic nitrogens is 1. The zero-order chi connectivity index (χ0) is 24.9. The van der Waals surface area contributed by atoms with E-state index in [1.54, 1.807) is 11.5 Å². The van der Waals surface area contributed by atoms with Crippen molar-refractivity contribution in [3.05, 3.63) is 45.5 Å². The molecule has 2 heterocycles. The van der Waals surface area contributed by atoms with E-state index in [0.29, 0.717) is 25.0 Å². The molecule has 2 aromatic rings. The number of rotatable bonds is 5. The van der Waals surface area contributed by atoms with Gasteiger partial charge in [-0.1, -0.05) is 23.8 Å². The van der Waals surface area contributed by atoms with Crippen molar-refractivity contribution in [1.82, 2.24) is 9.88 Å². The summed E-state index contributed by atoms with van der Waals surface area (Å²) in [6, 6.07) is 0.975. The average Bonchev–Trinajstić information content (AvgIpc) is 3.55. The summed E-state index contributed by atoms with van der Waals surface area (Å²) in [5, 5.41) is 12.0. The van der Waals surface area contributed by atoms with E-state index in [4.69, 9.17) is 21.4 Å². The molecule has 1 amide bonds. The van der Waals surface area contributed by atoms with Crippen LogP contribution in [0.3, 0.4) is 0 Å². The van der Waals surface area contributed by atoms with E-state index < -0.39 is 23.5 Å². The van der Waals surface area contributed by atoms with E-state index >= 15 is 4.39 Å². The zero-order valence-electron chi connectivity index (χ0n) is 19.0. The Labute approximate surface area is 205 Å². The van der Waals surface area contributed by atoms with E-state index in [9.17, 15) is 14.4 Å². The number of pyridine rings is 1. The summed E-state index contributed by atoms with van der Waals surface area (Å²) in [7, 11) is 0. The van der Waals surface area contributed by atoms with Crippen LogP contribution < -0.4 is 20.4 Å². The molecule has 1 aromatic carbocycles. The van der Waals surface area contributed by atoms with Gasteiger partial charge in [0.2, 0.25) is 5.43 Å². The van der Waals surface area contributed by atoms with Gasteiger partial charge in [0.25, 0.3) is 0 Å². The lowest BCUT2D eigenvalue weighted by molar-refractivity contribution is 0.141. The molecular weight excluding hydrogens is 481 g/mol. The number of alkyl carbamates (subject to hydrolysis) is 1.